The molecule has 210 valence electrons. The Morgan fingerprint density at radius 1 is 0.838 bits per heavy atom. The first-order valence-corrected chi connectivity index (χ1v) is 13.2. The molecule has 0 saturated carbocycles. The molecule has 1 rings (SSSR count). The lowest BCUT2D eigenvalue weighted by atomic mass is 9.80. The summed E-state index contributed by atoms with van der Waals surface area (Å²) in [6, 6.07) is 7.07. The fourth-order valence-electron chi connectivity index (χ4n) is 3.06. The monoisotopic (exact) mass is 520 g/mol. The van der Waals surface area contributed by atoms with E-state index in [2.05, 4.69) is 27.7 Å². The van der Waals surface area contributed by atoms with E-state index in [1.807, 2.05) is 27.7 Å². The van der Waals surface area contributed by atoms with Crippen LogP contribution in [0.5, 0.6) is 0 Å². The van der Waals surface area contributed by atoms with Crippen molar-refractivity contribution in [2.75, 3.05) is 25.5 Å². The first-order valence-electron chi connectivity index (χ1n) is 13.2. The molecule has 0 heterocycles. The first-order chi connectivity index (χ1) is 17.0. The van der Waals surface area contributed by atoms with E-state index in [1.165, 1.54) is 4.90 Å². The predicted octanol–water partition coefficient (Wildman–Crippen LogP) is 6.72. The molecule has 2 unspecified atom stereocenters. The van der Waals surface area contributed by atoms with Gasteiger partial charge in [-0.3, -0.25) is 9.69 Å². The number of anilines is 1. The Bertz CT molecular complexity index is 875. The van der Waals surface area contributed by atoms with Crippen molar-refractivity contribution < 1.29 is 28.6 Å². The number of hydrogen-bond donors (Lipinski definition) is 0. The number of carbonyl (C=O) groups is 3. The van der Waals surface area contributed by atoms with Gasteiger partial charge in [-0.25, -0.2) is 9.59 Å². The molecule has 0 N–H and O–H groups in total. The quantitative estimate of drug-likeness (QED) is 0.238. The van der Waals surface area contributed by atoms with Gasteiger partial charge in [-0.1, -0.05) is 74.4 Å². The lowest BCUT2D eigenvalue weighted by Gasteiger charge is -2.28. The van der Waals surface area contributed by atoms with Crippen LogP contribution in [0.1, 0.15) is 74.3 Å². The highest BCUT2D eigenvalue weighted by molar-refractivity contribution is 5.87. The second-order valence-corrected chi connectivity index (χ2v) is 11.7. The van der Waals surface area contributed by atoms with Gasteiger partial charge in [0, 0.05) is 32.2 Å². The summed E-state index contributed by atoms with van der Waals surface area (Å²) in [6.07, 6.45) is -1.08. The van der Waals surface area contributed by atoms with Crippen molar-refractivity contribution in [2.45, 2.75) is 81.6 Å². The van der Waals surface area contributed by atoms with E-state index in [0.29, 0.717) is 18.2 Å². The normalized spacial score (nSPS) is 14.1. The van der Waals surface area contributed by atoms with E-state index in [0.717, 1.165) is 12.0 Å². The number of carbonyl (C=O) groups excluding carboxylic acids is 3. The number of amides is 2. The summed E-state index contributed by atoms with van der Waals surface area (Å²) < 4.78 is 16.4. The Kier molecular flexibility index (Phi) is 12.4. The van der Waals surface area contributed by atoms with Crippen LogP contribution in [-0.2, 0) is 25.6 Å². The van der Waals surface area contributed by atoms with Gasteiger partial charge in [-0.15, -0.1) is 0 Å². The molecule has 0 bridgehead atoms. The third kappa shape index (κ3) is 10.6. The van der Waals surface area contributed by atoms with E-state index < -0.39 is 18.4 Å². The van der Waals surface area contributed by atoms with Crippen LogP contribution in [-0.4, -0.2) is 50.0 Å². The molecule has 0 saturated heterocycles. The van der Waals surface area contributed by atoms with Crippen LogP contribution in [0.25, 0.3) is 0 Å². The van der Waals surface area contributed by atoms with E-state index in [9.17, 15) is 14.4 Å². The van der Waals surface area contributed by atoms with Crippen LogP contribution < -0.4 is 4.90 Å². The van der Waals surface area contributed by atoms with Gasteiger partial charge in [0.05, 0.1) is 5.92 Å². The molecule has 0 radical (unpaired) electrons. The maximum atomic E-state index is 12.7. The molecule has 0 aliphatic rings. The maximum Gasteiger partial charge on any atom is 0.417 e. The molecular weight excluding hydrogens is 472 g/mol. The minimum atomic E-state index is -0.981. The Morgan fingerprint density at radius 2 is 1.41 bits per heavy atom. The highest BCUT2D eigenvalue weighted by Gasteiger charge is 2.28. The molecule has 37 heavy (non-hydrogen) atoms. The van der Waals surface area contributed by atoms with E-state index in [-0.39, 0.29) is 35.9 Å². The zero-order chi connectivity index (χ0) is 28.5. The van der Waals surface area contributed by atoms with E-state index >= 15 is 0 Å². The van der Waals surface area contributed by atoms with Crippen LogP contribution >= 0.6 is 0 Å². The summed E-state index contributed by atoms with van der Waals surface area (Å²) in [5, 5.41) is 0. The Hall–Kier alpha value is -2.77. The van der Waals surface area contributed by atoms with Crippen molar-refractivity contribution in [1.82, 2.24) is 4.90 Å². The van der Waals surface area contributed by atoms with Gasteiger partial charge in [0.2, 0.25) is 0 Å². The molecule has 1 aromatic rings. The van der Waals surface area contributed by atoms with E-state index in [1.54, 1.807) is 50.2 Å². The van der Waals surface area contributed by atoms with Gasteiger partial charge in [-0.2, -0.15) is 0 Å². The first kappa shape index (κ1) is 32.3. The minimum Gasteiger partial charge on any atom is -0.445 e. The number of nitrogens with zero attached hydrogens (tertiary/aromatic N) is 2. The van der Waals surface area contributed by atoms with Gasteiger partial charge in [0.25, 0.3) is 6.29 Å². The van der Waals surface area contributed by atoms with Gasteiger partial charge < -0.3 is 19.1 Å². The summed E-state index contributed by atoms with van der Waals surface area (Å²) in [7, 11) is 3.33. The van der Waals surface area contributed by atoms with Crippen molar-refractivity contribution >= 4 is 23.8 Å². The Balaban J connectivity index is 2.65. The lowest BCUT2D eigenvalue weighted by Crippen LogP contribution is -2.37. The maximum absolute atomic E-state index is 12.7. The minimum absolute atomic E-state index is 0.119. The molecule has 0 aliphatic carbocycles. The van der Waals surface area contributed by atoms with Crippen molar-refractivity contribution in [2.24, 2.45) is 29.1 Å². The highest BCUT2D eigenvalue weighted by Crippen LogP contribution is 2.28. The Morgan fingerprint density at radius 3 is 1.89 bits per heavy atom. The molecule has 8 nitrogen and oxygen atoms in total. The number of rotatable bonds is 11. The van der Waals surface area contributed by atoms with Crippen LogP contribution in [0, 0.1) is 29.1 Å². The third-order valence-electron chi connectivity index (χ3n) is 7.01. The number of benzene rings is 1. The standard InChI is InChI=1S/C29H48N2O6/c1-19(2)22(6)25(32)36-26(20(3)4)37-28(34)31(11)24-14-12-23(13-15-24)18-35-27(33)30(10)17-16-21(5)29(7,8)9/h12-15,19-22,26H,16-18H2,1-11H3/t21?,22-,26?/m0/s1. The van der Waals surface area contributed by atoms with Crippen LogP contribution in [0.4, 0.5) is 15.3 Å². The zero-order valence-electron chi connectivity index (χ0n) is 24.7. The predicted molar refractivity (Wildman–Crippen MR) is 146 cm³/mol. The SMILES string of the molecule is CC(C)C(OC(=O)[C@@H](C)C(C)C)OC(=O)N(C)c1ccc(COC(=O)N(C)CCC(C)C(C)(C)C)cc1. The summed E-state index contributed by atoms with van der Waals surface area (Å²) in [4.78, 5) is 40.4. The second kappa shape index (κ2) is 14.2. The molecule has 0 aliphatic heterocycles. The average Bonchev–Trinajstić information content (AvgIpc) is 2.83. The van der Waals surface area contributed by atoms with Crippen molar-refractivity contribution in [1.29, 1.82) is 0 Å². The van der Waals surface area contributed by atoms with Crippen LogP contribution in [0.3, 0.4) is 0 Å². The van der Waals surface area contributed by atoms with Crippen molar-refractivity contribution in [3.8, 4) is 0 Å². The number of esters is 1. The van der Waals surface area contributed by atoms with Gasteiger partial charge in [0.15, 0.2) is 0 Å². The molecule has 1 aromatic carbocycles. The van der Waals surface area contributed by atoms with Crippen LogP contribution in [0.2, 0.25) is 0 Å². The summed E-state index contributed by atoms with van der Waals surface area (Å²) in [5.41, 5.74) is 1.59. The average molecular weight is 521 g/mol. The Labute approximate surface area is 223 Å². The highest BCUT2D eigenvalue weighted by atomic mass is 16.7. The molecule has 8 heteroatoms. The van der Waals surface area contributed by atoms with Gasteiger partial charge >= 0.3 is 18.2 Å². The molecule has 3 atom stereocenters. The molecule has 0 fully saturated rings. The summed E-state index contributed by atoms with van der Waals surface area (Å²) in [5.74, 6) is -0.296. The fraction of sp³-hybridized carbons (Fsp3) is 0.690. The fourth-order valence-corrected chi connectivity index (χ4v) is 3.06. The largest absolute Gasteiger partial charge is 0.445 e. The topological polar surface area (TPSA) is 85.4 Å². The second-order valence-electron chi connectivity index (χ2n) is 11.7. The summed E-state index contributed by atoms with van der Waals surface area (Å²) >= 11 is 0. The smallest absolute Gasteiger partial charge is 0.417 e. The summed E-state index contributed by atoms with van der Waals surface area (Å²) in [6.45, 7) is 18.9. The molecule has 0 spiro atoms. The number of ether oxygens (including phenoxy) is 3. The van der Waals surface area contributed by atoms with Crippen molar-refractivity contribution in [3.63, 3.8) is 0 Å². The molecule has 2 amide bonds. The van der Waals surface area contributed by atoms with Gasteiger partial charge in [-0.05, 0) is 41.4 Å². The zero-order valence-corrected chi connectivity index (χ0v) is 24.7. The number of hydrogen-bond acceptors (Lipinski definition) is 6. The molecule has 0 aromatic heterocycles. The van der Waals surface area contributed by atoms with Crippen LogP contribution in [0.15, 0.2) is 24.3 Å². The van der Waals surface area contributed by atoms with Gasteiger partial charge in [0.1, 0.15) is 6.61 Å². The molecular formula is C29H48N2O6. The lowest BCUT2D eigenvalue weighted by molar-refractivity contribution is -0.180. The van der Waals surface area contributed by atoms with E-state index in [4.69, 9.17) is 14.2 Å². The third-order valence-corrected chi connectivity index (χ3v) is 7.01. The van der Waals surface area contributed by atoms with Crippen molar-refractivity contribution in [3.05, 3.63) is 29.8 Å².